The van der Waals surface area contributed by atoms with Gasteiger partial charge in [-0.1, -0.05) is 31.4 Å². The summed E-state index contributed by atoms with van der Waals surface area (Å²) in [7, 11) is -3.83. The van der Waals surface area contributed by atoms with Crippen molar-refractivity contribution in [3.63, 3.8) is 0 Å². The van der Waals surface area contributed by atoms with Gasteiger partial charge in [0.15, 0.2) is 6.54 Å². The van der Waals surface area contributed by atoms with E-state index in [1.807, 2.05) is 4.90 Å². The normalized spacial score (nSPS) is 26.9. The highest BCUT2D eigenvalue weighted by Crippen LogP contribution is 2.35. The summed E-state index contributed by atoms with van der Waals surface area (Å²) in [6.07, 6.45) is 6.30. The Balaban J connectivity index is 1.30. The van der Waals surface area contributed by atoms with Crippen LogP contribution in [0.25, 0.3) is 0 Å². The van der Waals surface area contributed by atoms with Crippen molar-refractivity contribution in [1.82, 2.24) is 9.21 Å². The lowest BCUT2D eigenvalue weighted by Gasteiger charge is -2.41. The van der Waals surface area contributed by atoms with Crippen molar-refractivity contribution in [2.24, 2.45) is 11.8 Å². The SMILES string of the molecule is O=C(C[NH+]1CCN(S(=O)(=O)c2ccccc2F)CC1)N1CC[C@H]2CCCC[C@H]2C1. The summed E-state index contributed by atoms with van der Waals surface area (Å²) in [5.41, 5.74) is 0. The van der Waals surface area contributed by atoms with Crippen LogP contribution in [0.4, 0.5) is 4.39 Å². The number of likely N-dealkylation sites (tertiary alicyclic amines) is 1. The number of piperazine rings is 1. The highest BCUT2D eigenvalue weighted by atomic mass is 32.2. The third-order valence-corrected chi connectivity index (χ3v) is 8.86. The molecule has 1 amide bonds. The maximum absolute atomic E-state index is 14.0. The van der Waals surface area contributed by atoms with Gasteiger partial charge >= 0.3 is 0 Å². The lowest BCUT2D eigenvalue weighted by molar-refractivity contribution is -0.896. The fourth-order valence-corrected chi connectivity index (χ4v) is 6.67. The van der Waals surface area contributed by atoms with E-state index in [1.165, 1.54) is 54.3 Å². The first kappa shape index (κ1) is 20.8. The minimum Gasteiger partial charge on any atom is -0.338 e. The van der Waals surface area contributed by atoms with Crippen LogP contribution in [0.3, 0.4) is 0 Å². The van der Waals surface area contributed by atoms with Crippen LogP contribution >= 0.6 is 0 Å². The first-order valence-corrected chi connectivity index (χ1v) is 12.2. The van der Waals surface area contributed by atoms with E-state index in [2.05, 4.69) is 0 Å². The second-order valence-corrected chi connectivity index (χ2v) is 10.6. The maximum atomic E-state index is 14.0. The van der Waals surface area contributed by atoms with Crippen molar-refractivity contribution >= 4 is 15.9 Å². The van der Waals surface area contributed by atoms with Gasteiger partial charge in [-0.15, -0.1) is 0 Å². The Morgan fingerprint density at radius 2 is 1.72 bits per heavy atom. The first-order chi connectivity index (χ1) is 13.9. The van der Waals surface area contributed by atoms with Gasteiger partial charge in [-0.3, -0.25) is 4.79 Å². The van der Waals surface area contributed by atoms with Crippen LogP contribution in [-0.2, 0) is 14.8 Å². The lowest BCUT2D eigenvalue weighted by atomic mass is 9.75. The van der Waals surface area contributed by atoms with E-state index in [-0.39, 0.29) is 10.8 Å². The molecule has 3 fully saturated rings. The number of hydrogen-bond acceptors (Lipinski definition) is 3. The second-order valence-electron chi connectivity index (χ2n) is 8.69. The number of sulfonamides is 1. The Morgan fingerprint density at radius 3 is 2.45 bits per heavy atom. The summed E-state index contributed by atoms with van der Waals surface area (Å²) < 4.78 is 40.7. The average Bonchev–Trinajstić information content (AvgIpc) is 2.74. The molecule has 29 heavy (non-hydrogen) atoms. The zero-order valence-electron chi connectivity index (χ0n) is 16.9. The highest BCUT2D eigenvalue weighted by Gasteiger charge is 2.36. The van der Waals surface area contributed by atoms with Crippen LogP contribution < -0.4 is 4.90 Å². The number of piperidine rings is 1. The van der Waals surface area contributed by atoms with Crippen LogP contribution in [-0.4, -0.2) is 69.3 Å². The first-order valence-electron chi connectivity index (χ1n) is 10.8. The maximum Gasteiger partial charge on any atom is 0.277 e. The standard InChI is InChI=1S/C21H30FN3O3S/c22-19-7-3-4-8-20(19)29(27,28)25-13-11-23(12-14-25)16-21(26)24-10-9-17-5-1-2-6-18(17)15-24/h3-4,7-8,17-18H,1-2,5-6,9-16H2/p+1/t17-,18+/m1/s1. The Hall–Kier alpha value is -1.51. The molecule has 2 heterocycles. The number of quaternary nitrogens is 1. The molecule has 0 unspecified atom stereocenters. The quantitative estimate of drug-likeness (QED) is 0.776. The van der Waals surface area contributed by atoms with Crippen molar-refractivity contribution in [1.29, 1.82) is 0 Å². The minimum absolute atomic E-state index is 0.189. The fraction of sp³-hybridized carbons (Fsp3) is 0.667. The van der Waals surface area contributed by atoms with E-state index in [0.717, 1.165) is 30.3 Å². The molecule has 1 aromatic rings. The molecule has 4 rings (SSSR count). The number of benzene rings is 1. The van der Waals surface area contributed by atoms with Gasteiger partial charge in [0.05, 0.1) is 26.2 Å². The topological polar surface area (TPSA) is 62.1 Å². The zero-order chi connectivity index (χ0) is 20.4. The van der Waals surface area contributed by atoms with Crippen molar-refractivity contribution in [2.75, 3.05) is 45.8 Å². The molecule has 6 nitrogen and oxygen atoms in total. The van der Waals surface area contributed by atoms with E-state index in [9.17, 15) is 17.6 Å². The van der Waals surface area contributed by atoms with E-state index in [1.54, 1.807) is 0 Å². The summed E-state index contributed by atoms with van der Waals surface area (Å²) in [6, 6.07) is 5.49. The summed E-state index contributed by atoms with van der Waals surface area (Å²) in [6.45, 7) is 3.93. The molecular formula is C21H31FN3O3S+. The molecule has 0 spiro atoms. The molecule has 1 aliphatic carbocycles. The Kier molecular flexibility index (Phi) is 6.22. The molecule has 2 atom stereocenters. The summed E-state index contributed by atoms with van der Waals surface area (Å²) in [5.74, 6) is 0.935. The van der Waals surface area contributed by atoms with Gasteiger partial charge < -0.3 is 9.80 Å². The summed E-state index contributed by atoms with van der Waals surface area (Å²) >= 11 is 0. The van der Waals surface area contributed by atoms with Gasteiger partial charge in [0.25, 0.3) is 5.91 Å². The highest BCUT2D eigenvalue weighted by molar-refractivity contribution is 7.89. The van der Waals surface area contributed by atoms with Crippen LogP contribution in [0.15, 0.2) is 29.2 Å². The van der Waals surface area contributed by atoms with Crippen LogP contribution in [0.2, 0.25) is 0 Å². The third kappa shape index (κ3) is 4.49. The summed E-state index contributed by atoms with van der Waals surface area (Å²) in [4.78, 5) is 15.7. The number of carbonyl (C=O) groups excluding carboxylic acids is 1. The predicted octanol–water partition coefficient (Wildman–Crippen LogP) is 0.754. The molecule has 8 heteroatoms. The predicted molar refractivity (Wildman–Crippen MR) is 107 cm³/mol. The molecule has 1 N–H and O–H groups in total. The molecule has 0 bridgehead atoms. The van der Waals surface area contributed by atoms with E-state index < -0.39 is 15.8 Å². The molecular weight excluding hydrogens is 393 g/mol. The number of nitrogens with one attached hydrogen (secondary N) is 1. The Labute approximate surface area is 172 Å². The molecule has 160 valence electrons. The number of nitrogens with zero attached hydrogens (tertiary/aromatic N) is 2. The Bertz CT molecular complexity index is 839. The van der Waals surface area contributed by atoms with Gasteiger partial charge in [0.1, 0.15) is 10.7 Å². The molecule has 2 aliphatic heterocycles. The van der Waals surface area contributed by atoms with Gasteiger partial charge in [-0.2, -0.15) is 4.31 Å². The van der Waals surface area contributed by atoms with Crippen molar-refractivity contribution < 1.29 is 22.5 Å². The molecule has 1 saturated carbocycles. The molecule has 0 radical (unpaired) electrons. The minimum atomic E-state index is -3.83. The number of fused-ring (bicyclic) bond motifs is 1. The Morgan fingerprint density at radius 1 is 1.03 bits per heavy atom. The smallest absolute Gasteiger partial charge is 0.277 e. The average molecular weight is 425 g/mol. The molecule has 1 aromatic carbocycles. The molecule has 3 aliphatic rings. The second kappa shape index (κ2) is 8.70. The largest absolute Gasteiger partial charge is 0.338 e. The van der Waals surface area contributed by atoms with Gasteiger partial charge in [0.2, 0.25) is 10.0 Å². The summed E-state index contributed by atoms with van der Waals surface area (Å²) in [5, 5.41) is 0. The number of carbonyl (C=O) groups is 1. The van der Waals surface area contributed by atoms with Crippen LogP contribution in [0.1, 0.15) is 32.1 Å². The van der Waals surface area contributed by atoms with Gasteiger partial charge in [-0.05, 0) is 36.8 Å². The van der Waals surface area contributed by atoms with Crippen LogP contribution in [0, 0.1) is 17.7 Å². The molecule has 2 saturated heterocycles. The lowest BCUT2D eigenvalue weighted by Crippen LogP contribution is -3.15. The van der Waals surface area contributed by atoms with Crippen molar-refractivity contribution in [3.05, 3.63) is 30.1 Å². The van der Waals surface area contributed by atoms with Gasteiger partial charge in [0, 0.05) is 13.1 Å². The fourth-order valence-electron chi connectivity index (χ4n) is 5.17. The number of rotatable bonds is 4. The van der Waals surface area contributed by atoms with Crippen LogP contribution in [0.5, 0.6) is 0 Å². The number of hydrogen-bond donors (Lipinski definition) is 1. The van der Waals surface area contributed by atoms with E-state index in [0.29, 0.717) is 38.6 Å². The van der Waals surface area contributed by atoms with E-state index >= 15 is 0 Å². The monoisotopic (exact) mass is 424 g/mol. The number of halogens is 1. The van der Waals surface area contributed by atoms with Gasteiger partial charge in [-0.25, -0.2) is 12.8 Å². The van der Waals surface area contributed by atoms with Crippen molar-refractivity contribution in [3.8, 4) is 0 Å². The number of amides is 1. The van der Waals surface area contributed by atoms with Crippen molar-refractivity contribution in [2.45, 2.75) is 37.0 Å². The third-order valence-electron chi connectivity index (χ3n) is 6.93. The zero-order valence-corrected chi connectivity index (χ0v) is 17.7. The molecule has 0 aromatic heterocycles. The van der Waals surface area contributed by atoms with E-state index in [4.69, 9.17) is 0 Å².